The first kappa shape index (κ1) is 5.76. The van der Waals surface area contributed by atoms with Crippen LogP contribution in [0.5, 0.6) is 0 Å². The van der Waals surface area contributed by atoms with E-state index in [0.29, 0.717) is 0 Å². The van der Waals surface area contributed by atoms with Gasteiger partial charge in [0, 0.05) is 0 Å². The van der Waals surface area contributed by atoms with Crippen LogP contribution in [-0.4, -0.2) is 0 Å². The highest BCUT2D eigenvalue weighted by molar-refractivity contribution is 4.84. The van der Waals surface area contributed by atoms with Crippen molar-refractivity contribution in [3.63, 3.8) is 0 Å². The summed E-state index contributed by atoms with van der Waals surface area (Å²) in [5, 5.41) is 0. The van der Waals surface area contributed by atoms with Crippen molar-refractivity contribution in [3.8, 4) is 0 Å². The van der Waals surface area contributed by atoms with Gasteiger partial charge in [0.05, 0.1) is 0 Å². The molecule has 0 aliphatic heterocycles. The minimum Gasteiger partial charge on any atom is -0.0622 e. The molecular formula is C9H16. The average Bonchev–Trinajstić information content (AvgIpc) is 2.09. The maximum Gasteiger partial charge on any atom is -0.0386 e. The molecule has 2 unspecified atom stereocenters. The number of hydrogen-bond donors (Lipinski definition) is 0. The molecule has 2 fully saturated rings. The lowest BCUT2D eigenvalue weighted by atomic mass is 9.88. The maximum absolute atomic E-state index is 2.44. The van der Waals surface area contributed by atoms with Gasteiger partial charge in [-0.15, -0.1) is 0 Å². The van der Waals surface area contributed by atoms with Crippen molar-refractivity contribution >= 4 is 0 Å². The van der Waals surface area contributed by atoms with Gasteiger partial charge in [0.25, 0.3) is 0 Å². The molecule has 0 N–H and O–H groups in total. The van der Waals surface area contributed by atoms with E-state index < -0.39 is 0 Å². The van der Waals surface area contributed by atoms with Crippen LogP contribution in [0.15, 0.2) is 0 Å². The molecule has 2 aliphatic carbocycles. The van der Waals surface area contributed by atoms with E-state index in [-0.39, 0.29) is 0 Å². The van der Waals surface area contributed by atoms with Gasteiger partial charge in [-0.2, -0.15) is 0 Å². The van der Waals surface area contributed by atoms with Gasteiger partial charge in [-0.3, -0.25) is 0 Å². The van der Waals surface area contributed by atoms with Gasteiger partial charge >= 0.3 is 0 Å². The summed E-state index contributed by atoms with van der Waals surface area (Å²) in [6, 6.07) is 0. The third-order valence-electron chi connectivity index (χ3n) is 3.33. The Hall–Kier alpha value is 0. The lowest BCUT2D eigenvalue weighted by molar-refractivity contribution is 0.335. The first-order valence-corrected chi connectivity index (χ1v) is 4.36. The van der Waals surface area contributed by atoms with Crippen LogP contribution in [0.25, 0.3) is 0 Å². The van der Waals surface area contributed by atoms with Crippen LogP contribution in [0, 0.1) is 17.8 Å². The van der Waals surface area contributed by atoms with E-state index in [2.05, 4.69) is 6.92 Å². The Balaban J connectivity index is 2.07. The molecule has 2 bridgehead atoms. The lowest BCUT2D eigenvalue weighted by Gasteiger charge is -2.18. The second kappa shape index (κ2) is 2.00. The van der Waals surface area contributed by atoms with Crippen molar-refractivity contribution < 1.29 is 0 Å². The van der Waals surface area contributed by atoms with E-state index in [1.54, 1.807) is 19.3 Å². The molecule has 0 aromatic heterocycles. The van der Waals surface area contributed by atoms with Crippen molar-refractivity contribution in [2.75, 3.05) is 0 Å². The predicted molar refractivity (Wildman–Crippen MR) is 39.2 cm³/mol. The van der Waals surface area contributed by atoms with E-state index in [1.165, 1.54) is 12.8 Å². The van der Waals surface area contributed by atoms with Gasteiger partial charge in [0.2, 0.25) is 0 Å². The zero-order chi connectivity index (χ0) is 6.27. The van der Waals surface area contributed by atoms with Crippen LogP contribution in [0.3, 0.4) is 0 Å². The van der Waals surface area contributed by atoms with Crippen LogP contribution < -0.4 is 0 Å². The summed E-state index contributed by atoms with van der Waals surface area (Å²) in [5.74, 6) is 3.33. The molecule has 0 saturated heterocycles. The van der Waals surface area contributed by atoms with Crippen molar-refractivity contribution in [2.45, 2.75) is 39.0 Å². The highest BCUT2D eigenvalue weighted by Crippen LogP contribution is 2.45. The van der Waals surface area contributed by atoms with Crippen LogP contribution in [0.1, 0.15) is 39.0 Å². The highest BCUT2D eigenvalue weighted by Gasteiger charge is 2.33. The Morgan fingerprint density at radius 3 is 2.67 bits per heavy atom. The Labute approximate surface area is 57.6 Å². The molecule has 0 radical (unpaired) electrons. The van der Waals surface area contributed by atoms with Crippen LogP contribution in [0.4, 0.5) is 0 Å². The Kier molecular flexibility index (Phi) is 1.28. The maximum atomic E-state index is 2.44. The molecule has 9 heavy (non-hydrogen) atoms. The van der Waals surface area contributed by atoms with E-state index in [1.807, 2.05) is 0 Å². The van der Waals surface area contributed by atoms with Gasteiger partial charge in [-0.1, -0.05) is 26.2 Å². The Morgan fingerprint density at radius 2 is 2.00 bits per heavy atom. The minimum atomic E-state index is 1.07. The summed E-state index contributed by atoms with van der Waals surface area (Å²) < 4.78 is 0. The third kappa shape index (κ3) is 0.889. The molecular weight excluding hydrogens is 108 g/mol. The SMILES string of the molecule is C[C@H]1CC2CCCC1C2. The Morgan fingerprint density at radius 1 is 1.11 bits per heavy atom. The van der Waals surface area contributed by atoms with Crippen LogP contribution >= 0.6 is 0 Å². The monoisotopic (exact) mass is 124 g/mol. The number of hydrogen-bond acceptors (Lipinski definition) is 0. The molecule has 0 nitrogen and oxygen atoms in total. The summed E-state index contributed by atoms with van der Waals surface area (Å²) in [6.07, 6.45) is 7.73. The fraction of sp³-hybridized carbons (Fsp3) is 1.00. The van der Waals surface area contributed by atoms with E-state index in [4.69, 9.17) is 0 Å². The van der Waals surface area contributed by atoms with Crippen molar-refractivity contribution in [2.24, 2.45) is 17.8 Å². The second-order valence-electron chi connectivity index (χ2n) is 4.01. The van der Waals surface area contributed by atoms with E-state index >= 15 is 0 Å². The first-order chi connectivity index (χ1) is 4.36. The van der Waals surface area contributed by atoms with Crippen molar-refractivity contribution in [1.82, 2.24) is 0 Å². The molecule has 0 heteroatoms. The molecule has 2 rings (SSSR count). The Bertz CT molecular complexity index is 105. The average molecular weight is 124 g/mol. The summed E-state index contributed by atoms with van der Waals surface area (Å²) in [4.78, 5) is 0. The third-order valence-corrected chi connectivity index (χ3v) is 3.33. The van der Waals surface area contributed by atoms with Gasteiger partial charge in [0.1, 0.15) is 0 Å². The molecule has 0 aromatic carbocycles. The van der Waals surface area contributed by atoms with Gasteiger partial charge in [-0.05, 0) is 30.6 Å². The summed E-state index contributed by atoms with van der Waals surface area (Å²) >= 11 is 0. The molecule has 0 aromatic rings. The fourth-order valence-electron chi connectivity index (χ4n) is 2.78. The predicted octanol–water partition coefficient (Wildman–Crippen LogP) is 2.83. The van der Waals surface area contributed by atoms with E-state index in [9.17, 15) is 0 Å². The standard InChI is InChI=1S/C9H16/c1-7-5-8-3-2-4-9(7)6-8/h7-9H,2-6H2,1H3/t7-,8?,9?/m0/s1. The van der Waals surface area contributed by atoms with Crippen molar-refractivity contribution in [3.05, 3.63) is 0 Å². The zero-order valence-electron chi connectivity index (χ0n) is 6.27. The second-order valence-corrected chi connectivity index (χ2v) is 4.01. The highest BCUT2D eigenvalue weighted by atomic mass is 14.4. The molecule has 0 spiro atoms. The quantitative estimate of drug-likeness (QED) is 0.466. The van der Waals surface area contributed by atoms with Crippen LogP contribution in [0.2, 0.25) is 0 Å². The fourth-order valence-corrected chi connectivity index (χ4v) is 2.78. The smallest absolute Gasteiger partial charge is 0.0386 e. The van der Waals surface area contributed by atoms with Crippen molar-refractivity contribution in [1.29, 1.82) is 0 Å². The summed E-state index contributed by atoms with van der Waals surface area (Å²) in [7, 11) is 0. The van der Waals surface area contributed by atoms with E-state index in [0.717, 1.165) is 17.8 Å². The molecule has 0 heterocycles. The minimum absolute atomic E-state index is 1.07. The number of rotatable bonds is 0. The zero-order valence-corrected chi connectivity index (χ0v) is 6.27. The lowest BCUT2D eigenvalue weighted by Crippen LogP contribution is -2.06. The molecule has 52 valence electrons. The normalized spacial score (nSPS) is 49.7. The molecule has 0 amide bonds. The van der Waals surface area contributed by atoms with Gasteiger partial charge in [-0.25, -0.2) is 0 Å². The summed E-state index contributed by atoms with van der Waals surface area (Å²) in [5.41, 5.74) is 0. The number of fused-ring (bicyclic) bond motifs is 2. The largest absolute Gasteiger partial charge is 0.0622 e. The molecule has 2 aliphatic rings. The van der Waals surface area contributed by atoms with Gasteiger partial charge in [0.15, 0.2) is 0 Å². The summed E-state index contributed by atoms with van der Waals surface area (Å²) in [6.45, 7) is 2.44. The van der Waals surface area contributed by atoms with Gasteiger partial charge < -0.3 is 0 Å². The first-order valence-electron chi connectivity index (χ1n) is 4.36. The molecule has 2 saturated carbocycles. The van der Waals surface area contributed by atoms with Crippen LogP contribution in [-0.2, 0) is 0 Å². The topological polar surface area (TPSA) is 0 Å². The molecule has 3 atom stereocenters.